The van der Waals surface area contributed by atoms with Gasteiger partial charge in [-0.25, -0.2) is 4.39 Å². The lowest BCUT2D eigenvalue weighted by atomic mass is 10.2. The Morgan fingerprint density at radius 3 is 2.90 bits per heavy atom. The van der Waals surface area contributed by atoms with Crippen LogP contribution in [0.4, 0.5) is 4.39 Å². The first-order valence-electron chi connectivity index (χ1n) is 6.11. The van der Waals surface area contributed by atoms with Crippen LogP contribution in [0.25, 0.3) is 0 Å². The smallest absolute Gasteiger partial charge is 0.182 e. The van der Waals surface area contributed by atoms with E-state index in [0.29, 0.717) is 18.7 Å². The molecule has 0 saturated heterocycles. The van der Waals surface area contributed by atoms with E-state index < -0.39 is 5.82 Å². The van der Waals surface area contributed by atoms with E-state index in [0.717, 1.165) is 16.5 Å². The second-order valence-electron chi connectivity index (χ2n) is 4.53. The first-order chi connectivity index (χ1) is 9.54. The topological polar surface area (TPSA) is 33.2 Å². The molecule has 2 aromatic heterocycles. The lowest BCUT2D eigenvalue weighted by Crippen LogP contribution is -2.21. The van der Waals surface area contributed by atoms with E-state index in [2.05, 4.69) is 37.3 Å². The van der Waals surface area contributed by atoms with Crippen LogP contribution in [-0.2, 0) is 6.54 Å². The largest absolute Gasteiger partial charge is 0.302 e. The Hall–Kier alpha value is -1.11. The van der Waals surface area contributed by atoms with Crippen molar-refractivity contribution >= 4 is 33.0 Å². The maximum absolute atomic E-state index is 12.7. The van der Waals surface area contributed by atoms with Gasteiger partial charge in [-0.15, -0.1) is 11.3 Å². The maximum atomic E-state index is 12.7. The van der Waals surface area contributed by atoms with Crippen molar-refractivity contribution in [1.82, 2.24) is 9.88 Å². The quantitative estimate of drug-likeness (QED) is 0.739. The van der Waals surface area contributed by atoms with Gasteiger partial charge >= 0.3 is 0 Å². The number of aromatic nitrogens is 1. The zero-order chi connectivity index (χ0) is 14.5. The Bertz CT molecular complexity index is 585. The highest BCUT2D eigenvalue weighted by molar-refractivity contribution is 9.11. The molecule has 0 unspecified atom stereocenters. The minimum Gasteiger partial charge on any atom is -0.302 e. The van der Waals surface area contributed by atoms with Gasteiger partial charge in [0.15, 0.2) is 5.78 Å². The second kappa shape index (κ2) is 7.06. The van der Waals surface area contributed by atoms with Crippen molar-refractivity contribution in [3.8, 4) is 0 Å². The fourth-order valence-electron chi connectivity index (χ4n) is 1.78. The molecule has 0 fully saturated rings. The number of carbonyl (C=O) groups excluding carboxylic acids is 1. The summed E-state index contributed by atoms with van der Waals surface area (Å²) in [6.45, 7) is 1.44. The van der Waals surface area contributed by atoms with Crippen molar-refractivity contribution in [3.63, 3.8) is 0 Å². The van der Waals surface area contributed by atoms with Gasteiger partial charge in [0.25, 0.3) is 0 Å². The number of hydrogen-bond acceptors (Lipinski definition) is 4. The van der Waals surface area contributed by atoms with Crippen LogP contribution >= 0.6 is 27.3 Å². The summed E-state index contributed by atoms with van der Waals surface area (Å²) >= 11 is 5.07. The summed E-state index contributed by atoms with van der Waals surface area (Å²) in [5.74, 6) is -0.495. The highest BCUT2D eigenvalue weighted by Gasteiger charge is 2.10. The van der Waals surface area contributed by atoms with Gasteiger partial charge in [-0.05, 0) is 52.1 Å². The summed E-state index contributed by atoms with van der Waals surface area (Å²) in [5, 5.41) is 2.09. The third-order valence-corrected chi connectivity index (χ3v) is 4.36. The van der Waals surface area contributed by atoms with Gasteiger partial charge in [0.2, 0.25) is 0 Å². The molecular weight excluding hydrogens is 343 g/mol. The minimum absolute atomic E-state index is 0.0663. The summed E-state index contributed by atoms with van der Waals surface area (Å²) in [6.07, 6.45) is 1.44. The molecule has 20 heavy (non-hydrogen) atoms. The molecule has 0 aromatic carbocycles. The van der Waals surface area contributed by atoms with E-state index in [9.17, 15) is 9.18 Å². The van der Waals surface area contributed by atoms with Crippen LogP contribution in [0.15, 0.2) is 33.6 Å². The molecule has 0 amide bonds. The second-order valence-corrected chi connectivity index (χ2v) is 6.82. The molecule has 0 saturated carbocycles. The molecule has 0 aliphatic rings. The maximum Gasteiger partial charge on any atom is 0.182 e. The number of carbonyl (C=O) groups is 1. The molecule has 2 rings (SSSR count). The van der Waals surface area contributed by atoms with Crippen molar-refractivity contribution in [2.75, 3.05) is 13.6 Å². The molecule has 0 N–H and O–H groups in total. The molecule has 0 spiro atoms. The number of Topliss-reactive ketones (excluding diaryl/α,β-unsaturated/α-hetero) is 1. The van der Waals surface area contributed by atoms with Crippen LogP contribution in [0.1, 0.15) is 22.5 Å². The zero-order valence-corrected chi connectivity index (χ0v) is 13.4. The highest BCUT2D eigenvalue weighted by atomic mass is 79.9. The molecule has 0 atom stereocenters. The van der Waals surface area contributed by atoms with Crippen LogP contribution in [0, 0.1) is 5.82 Å². The Kier molecular flexibility index (Phi) is 5.39. The Labute approximate surface area is 129 Å². The predicted molar refractivity (Wildman–Crippen MR) is 81.5 cm³/mol. The van der Waals surface area contributed by atoms with Crippen molar-refractivity contribution in [2.24, 2.45) is 0 Å². The number of nitrogens with zero attached hydrogens (tertiary/aromatic N) is 2. The van der Waals surface area contributed by atoms with Gasteiger partial charge in [-0.2, -0.15) is 0 Å². The van der Waals surface area contributed by atoms with E-state index in [1.807, 2.05) is 7.05 Å². The number of hydrogen-bond donors (Lipinski definition) is 0. The number of ketones is 1. The Balaban J connectivity index is 1.82. The molecule has 0 aliphatic carbocycles. The van der Waals surface area contributed by atoms with E-state index >= 15 is 0 Å². The lowest BCUT2D eigenvalue weighted by molar-refractivity contribution is 0.0963. The van der Waals surface area contributed by atoms with E-state index in [1.54, 1.807) is 11.3 Å². The van der Waals surface area contributed by atoms with Crippen LogP contribution in [0.3, 0.4) is 0 Å². The average molecular weight is 357 g/mol. The monoisotopic (exact) mass is 356 g/mol. The molecule has 2 heterocycles. The summed E-state index contributed by atoms with van der Waals surface area (Å²) in [7, 11) is 1.97. The SMILES string of the molecule is CN(CCC(=O)c1ccc(F)cn1)Cc1csc(Br)c1. The van der Waals surface area contributed by atoms with Crippen LogP contribution in [0.2, 0.25) is 0 Å². The number of rotatable bonds is 6. The van der Waals surface area contributed by atoms with Crippen molar-refractivity contribution in [2.45, 2.75) is 13.0 Å². The number of pyridine rings is 1. The van der Waals surface area contributed by atoms with Gasteiger partial charge in [-0.3, -0.25) is 9.78 Å². The summed E-state index contributed by atoms with van der Waals surface area (Å²) < 4.78 is 13.8. The van der Waals surface area contributed by atoms with E-state index in [-0.39, 0.29) is 5.78 Å². The van der Waals surface area contributed by atoms with Crippen molar-refractivity contribution in [3.05, 3.63) is 50.6 Å². The van der Waals surface area contributed by atoms with Gasteiger partial charge in [0, 0.05) is 19.5 Å². The predicted octanol–water partition coefficient (Wildman–Crippen LogP) is 3.75. The van der Waals surface area contributed by atoms with E-state index in [1.165, 1.54) is 17.7 Å². The molecule has 0 bridgehead atoms. The Morgan fingerprint density at radius 1 is 1.50 bits per heavy atom. The fourth-order valence-corrected chi connectivity index (χ4v) is 2.98. The summed E-state index contributed by atoms with van der Waals surface area (Å²) in [4.78, 5) is 17.8. The van der Waals surface area contributed by atoms with Gasteiger partial charge in [-0.1, -0.05) is 0 Å². The van der Waals surface area contributed by atoms with Crippen molar-refractivity contribution < 1.29 is 9.18 Å². The summed E-state index contributed by atoms with van der Waals surface area (Å²) in [6, 6.07) is 4.75. The molecule has 2 aromatic rings. The molecule has 6 heteroatoms. The van der Waals surface area contributed by atoms with Crippen LogP contribution < -0.4 is 0 Å². The molecule has 0 radical (unpaired) electrons. The minimum atomic E-state index is -0.429. The number of thiophene rings is 1. The Morgan fingerprint density at radius 2 is 2.30 bits per heavy atom. The average Bonchev–Trinajstić information content (AvgIpc) is 2.82. The zero-order valence-electron chi connectivity index (χ0n) is 11.0. The standard InChI is InChI=1S/C14H14BrFN2OS/c1-18(8-10-6-14(15)20-9-10)5-4-13(19)12-3-2-11(16)7-17-12/h2-3,6-7,9H,4-5,8H2,1H3. The van der Waals surface area contributed by atoms with Crippen LogP contribution in [-0.4, -0.2) is 29.3 Å². The normalized spacial score (nSPS) is 11.0. The van der Waals surface area contributed by atoms with Gasteiger partial charge < -0.3 is 4.90 Å². The first-order valence-corrected chi connectivity index (χ1v) is 7.78. The molecule has 0 aliphatic heterocycles. The first kappa shape index (κ1) is 15.3. The summed E-state index contributed by atoms with van der Waals surface area (Å²) in [5.41, 5.74) is 1.54. The highest BCUT2D eigenvalue weighted by Crippen LogP contribution is 2.21. The van der Waals surface area contributed by atoms with Crippen LogP contribution in [0.5, 0.6) is 0 Å². The number of halogens is 2. The van der Waals surface area contributed by atoms with Gasteiger partial charge in [0.1, 0.15) is 11.5 Å². The van der Waals surface area contributed by atoms with E-state index in [4.69, 9.17) is 0 Å². The van der Waals surface area contributed by atoms with Gasteiger partial charge in [0.05, 0.1) is 9.98 Å². The third kappa shape index (κ3) is 4.47. The molecule has 3 nitrogen and oxygen atoms in total. The lowest BCUT2D eigenvalue weighted by Gasteiger charge is -2.14. The van der Waals surface area contributed by atoms with Crippen molar-refractivity contribution in [1.29, 1.82) is 0 Å². The molecule has 106 valence electrons. The fraction of sp³-hybridized carbons (Fsp3) is 0.286. The molecular formula is C14H14BrFN2OS. The third-order valence-electron chi connectivity index (χ3n) is 2.81.